The van der Waals surface area contributed by atoms with Crippen LogP contribution >= 0.6 is 0 Å². The molecule has 4 rings (SSSR count). The van der Waals surface area contributed by atoms with E-state index in [4.69, 9.17) is 0 Å². The summed E-state index contributed by atoms with van der Waals surface area (Å²) in [5.41, 5.74) is 3.09. The third-order valence-electron chi connectivity index (χ3n) is 5.26. The van der Waals surface area contributed by atoms with Crippen LogP contribution in [0.25, 0.3) is 0 Å². The molecule has 2 aromatic rings. The zero-order chi connectivity index (χ0) is 17.2. The third kappa shape index (κ3) is 3.16. The van der Waals surface area contributed by atoms with Crippen LogP contribution in [-0.4, -0.2) is 40.7 Å². The summed E-state index contributed by atoms with van der Waals surface area (Å²) in [6.07, 6.45) is 2.17. The second-order valence-corrected chi connectivity index (χ2v) is 6.86. The summed E-state index contributed by atoms with van der Waals surface area (Å²) in [6, 6.07) is 18.0. The highest BCUT2D eigenvalue weighted by atomic mass is 16.2. The van der Waals surface area contributed by atoms with E-state index in [-0.39, 0.29) is 17.9 Å². The zero-order valence-corrected chi connectivity index (χ0v) is 14.2. The molecule has 1 unspecified atom stereocenters. The van der Waals surface area contributed by atoms with Crippen molar-refractivity contribution >= 4 is 11.8 Å². The van der Waals surface area contributed by atoms with Gasteiger partial charge in [0.15, 0.2) is 0 Å². The molecule has 4 heteroatoms. The van der Waals surface area contributed by atoms with E-state index < -0.39 is 0 Å². The van der Waals surface area contributed by atoms with Crippen LogP contribution in [0.15, 0.2) is 54.6 Å². The van der Waals surface area contributed by atoms with E-state index >= 15 is 0 Å². The lowest BCUT2D eigenvalue weighted by molar-refractivity contribution is -0.135. The lowest BCUT2D eigenvalue weighted by Gasteiger charge is -2.41. The number of amides is 2. The van der Waals surface area contributed by atoms with Gasteiger partial charge in [-0.1, -0.05) is 48.5 Å². The molecule has 0 spiro atoms. The Morgan fingerprint density at radius 1 is 0.920 bits per heavy atom. The molecule has 2 aliphatic rings. The Balaban J connectivity index is 1.50. The number of carbonyl (C=O) groups excluding carboxylic acids is 2. The highest BCUT2D eigenvalue weighted by Gasteiger charge is 2.34. The van der Waals surface area contributed by atoms with Crippen molar-refractivity contribution in [3.63, 3.8) is 0 Å². The molecule has 2 amide bonds. The molecule has 0 saturated carbocycles. The zero-order valence-electron chi connectivity index (χ0n) is 14.2. The number of nitrogens with zero attached hydrogens (tertiary/aromatic N) is 2. The van der Waals surface area contributed by atoms with E-state index in [1.54, 1.807) is 0 Å². The first-order valence-electron chi connectivity index (χ1n) is 8.93. The van der Waals surface area contributed by atoms with Gasteiger partial charge in [-0.3, -0.25) is 9.59 Å². The fraction of sp³-hybridized carbons (Fsp3) is 0.333. The minimum absolute atomic E-state index is 0.112. The molecule has 0 radical (unpaired) electrons. The first kappa shape index (κ1) is 15.9. The summed E-state index contributed by atoms with van der Waals surface area (Å²) in [7, 11) is 0. The number of likely N-dealkylation sites (tertiary alicyclic amines) is 1. The van der Waals surface area contributed by atoms with Gasteiger partial charge in [-0.15, -0.1) is 0 Å². The molecule has 2 aromatic carbocycles. The van der Waals surface area contributed by atoms with E-state index in [1.807, 2.05) is 64.4 Å². The van der Waals surface area contributed by atoms with Gasteiger partial charge in [0.2, 0.25) is 5.91 Å². The maximum atomic E-state index is 12.9. The van der Waals surface area contributed by atoms with Gasteiger partial charge in [0.05, 0.1) is 6.04 Å². The fourth-order valence-electron chi connectivity index (χ4n) is 3.90. The van der Waals surface area contributed by atoms with Gasteiger partial charge < -0.3 is 9.80 Å². The van der Waals surface area contributed by atoms with Crippen molar-refractivity contribution in [2.75, 3.05) is 13.1 Å². The molecule has 25 heavy (non-hydrogen) atoms. The quantitative estimate of drug-likeness (QED) is 0.866. The van der Waals surface area contributed by atoms with Crippen molar-refractivity contribution in [1.82, 2.24) is 9.80 Å². The maximum absolute atomic E-state index is 12.9. The third-order valence-corrected chi connectivity index (χ3v) is 5.26. The number of hydrogen-bond acceptors (Lipinski definition) is 2. The molecule has 4 nitrogen and oxygen atoms in total. The average Bonchev–Trinajstić information content (AvgIpc) is 2.65. The lowest BCUT2D eigenvalue weighted by atomic mass is 9.95. The molecule has 0 N–H and O–H groups in total. The molecule has 0 aliphatic carbocycles. The lowest BCUT2D eigenvalue weighted by Crippen LogP contribution is -2.53. The molecule has 1 fully saturated rings. The monoisotopic (exact) mass is 334 g/mol. The van der Waals surface area contributed by atoms with Crippen LogP contribution in [-0.2, 0) is 17.8 Å². The van der Waals surface area contributed by atoms with E-state index in [0.717, 1.165) is 36.1 Å². The van der Waals surface area contributed by atoms with Crippen molar-refractivity contribution in [2.45, 2.75) is 31.8 Å². The number of benzene rings is 2. The topological polar surface area (TPSA) is 40.6 Å². The van der Waals surface area contributed by atoms with E-state index in [1.165, 1.54) is 0 Å². The fourth-order valence-corrected chi connectivity index (χ4v) is 3.90. The molecule has 1 atom stereocenters. The Labute approximate surface area is 148 Å². The van der Waals surface area contributed by atoms with Gasteiger partial charge in [0.25, 0.3) is 5.91 Å². The van der Waals surface area contributed by atoms with Crippen LogP contribution in [0.1, 0.15) is 34.3 Å². The Morgan fingerprint density at radius 3 is 2.52 bits per heavy atom. The van der Waals surface area contributed by atoms with Gasteiger partial charge in [-0.25, -0.2) is 0 Å². The summed E-state index contributed by atoms with van der Waals surface area (Å²) in [5, 5.41) is 0. The minimum atomic E-state index is 0.112. The van der Waals surface area contributed by atoms with Crippen molar-refractivity contribution in [2.24, 2.45) is 0 Å². The van der Waals surface area contributed by atoms with Crippen molar-refractivity contribution in [3.05, 3.63) is 71.3 Å². The summed E-state index contributed by atoms with van der Waals surface area (Å²) in [5.74, 6) is 0.297. The molecule has 128 valence electrons. The first-order valence-corrected chi connectivity index (χ1v) is 8.93. The SMILES string of the molecule is O=C1CCC(N2CCc3ccccc3C2=O)CN1Cc1ccccc1. The minimum Gasteiger partial charge on any atom is -0.336 e. The molecule has 1 saturated heterocycles. The van der Waals surface area contributed by atoms with Crippen molar-refractivity contribution < 1.29 is 9.59 Å². The standard InChI is InChI=1S/C21H22N2O2/c24-20-11-10-18(15-22(20)14-16-6-2-1-3-7-16)23-13-12-17-8-4-5-9-19(17)21(23)25/h1-9,18H,10-15H2. The van der Waals surface area contributed by atoms with E-state index in [0.29, 0.717) is 19.5 Å². The highest BCUT2D eigenvalue weighted by Crippen LogP contribution is 2.25. The molecular weight excluding hydrogens is 312 g/mol. The van der Waals surface area contributed by atoms with Crippen molar-refractivity contribution in [3.8, 4) is 0 Å². The van der Waals surface area contributed by atoms with Crippen molar-refractivity contribution in [1.29, 1.82) is 0 Å². The Kier molecular flexibility index (Phi) is 4.26. The predicted molar refractivity (Wildman–Crippen MR) is 96.1 cm³/mol. The van der Waals surface area contributed by atoms with E-state index in [9.17, 15) is 9.59 Å². The van der Waals surface area contributed by atoms with Crippen LogP contribution in [0.2, 0.25) is 0 Å². The Morgan fingerprint density at radius 2 is 1.68 bits per heavy atom. The van der Waals surface area contributed by atoms with Gasteiger partial charge in [0, 0.05) is 31.6 Å². The molecular formula is C21H22N2O2. The highest BCUT2D eigenvalue weighted by molar-refractivity contribution is 5.97. The van der Waals surface area contributed by atoms with Crippen LogP contribution in [0.4, 0.5) is 0 Å². The first-order chi connectivity index (χ1) is 12.2. The normalized spacial score (nSPS) is 20.6. The van der Waals surface area contributed by atoms with Gasteiger partial charge in [0.1, 0.15) is 0 Å². The average molecular weight is 334 g/mol. The van der Waals surface area contributed by atoms with Gasteiger partial charge in [-0.2, -0.15) is 0 Å². The predicted octanol–water partition coefficient (Wildman–Crippen LogP) is 2.88. The number of fused-ring (bicyclic) bond motifs is 1. The second-order valence-electron chi connectivity index (χ2n) is 6.86. The Hall–Kier alpha value is -2.62. The summed E-state index contributed by atoms with van der Waals surface area (Å²) >= 11 is 0. The molecule has 2 aliphatic heterocycles. The molecule has 0 aromatic heterocycles. The summed E-state index contributed by atoms with van der Waals surface area (Å²) in [6.45, 7) is 1.99. The van der Waals surface area contributed by atoms with E-state index in [2.05, 4.69) is 0 Å². The number of carbonyl (C=O) groups is 2. The molecule has 0 bridgehead atoms. The van der Waals surface area contributed by atoms with Gasteiger partial charge >= 0.3 is 0 Å². The van der Waals surface area contributed by atoms with Crippen LogP contribution in [0.5, 0.6) is 0 Å². The Bertz CT molecular complexity index is 787. The second kappa shape index (κ2) is 6.71. The van der Waals surface area contributed by atoms with Crippen LogP contribution < -0.4 is 0 Å². The van der Waals surface area contributed by atoms with Crippen LogP contribution in [0.3, 0.4) is 0 Å². The summed E-state index contributed by atoms with van der Waals surface area (Å²) in [4.78, 5) is 29.1. The molecule has 2 heterocycles. The number of piperidine rings is 1. The number of hydrogen-bond donors (Lipinski definition) is 0. The smallest absolute Gasteiger partial charge is 0.254 e. The maximum Gasteiger partial charge on any atom is 0.254 e. The largest absolute Gasteiger partial charge is 0.336 e. The van der Waals surface area contributed by atoms with Crippen LogP contribution in [0, 0.1) is 0 Å². The number of rotatable bonds is 3. The summed E-state index contributed by atoms with van der Waals surface area (Å²) < 4.78 is 0. The van der Waals surface area contributed by atoms with Gasteiger partial charge in [-0.05, 0) is 30.0 Å².